The van der Waals surface area contributed by atoms with E-state index in [-0.39, 0.29) is 18.2 Å². The third-order valence-electron chi connectivity index (χ3n) is 2.90. The standard InChI is InChI=1S/C14H15BrN4O3/c1-9-3-4-17-19(9)8-13(20)18-16-7-10-5-11(15)6-12(22-2)14(10)21/h3-7,21H,8H2,1-2H3,(H,18,20). The van der Waals surface area contributed by atoms with Crippen molar-refractivity contribution in [1.82, 2.24) is 15.2 Å². The molecule has 0 atom stereocenters. The van der Waals surface area contributed by atoms with Crippen molar-refractivity contribution in [2.24, 2.45) is 5.10 Å². The highest BCUT2D eigenvalue weighted by Gasteiger charge is 2.08. The van der Waals surface area contributed by atoms with Crippen molar-refractivity contribution >= 4 is 28.1 Å². The maximum absolute atomic E-state index is 11.7. The van der Waals surface area contributed by atoms with Crippen molar-refractivity contribution in [2.45, 2.75) is 13.5 Å². The van der Waals surface area contributed by atoms with Gasteiger partial charge in [-0.15, -0.1) is 0 Å². The number of phenols is 1. The number of phenolic OH excluding ortho intramolecular Hbond substituents is 1. The van der Waals surface area contributed by atoms with Crippen LogP contribution in [0.3, 0.4) is 0 Å². The number of carbonyl (C=O) groups excluding carboxylic acids is 1. The van der Waals surface area contributed by atoms with Gasteiger partial charge in [0.1, 0.15) is 6.54 Å². The van der Waals surface area contributed by atoms with Crippen LogP contribution in [0.2, 0.25) is 0 Å². The van der Waals surface area contributed by atoms with Gasteiger partial charge in [-0.25, -0.2) is 5.43 Å². The molecule has 8 heteroatoms. The SMILES string of the molecule is COc1cc(Br)cc(C=NNC(=O)Cn2nccc2C)c1O. The van der Waals surface area contributed by atoms with E-state index in [9.17, 15) is 9.90 Å². The number of carbonyl (C=O) groups is 1. The van der Waals surface area contributed by atoms with Crippen LogP contribution in [0, 0.1) is 6.92 Å². The average Bonchev–Trinajstić information content (AvgIpc) is 2.87. The van der Waals surface area contributed by atoms with Crippen molar-refractivity contribution in [3.8, 4) is 11.5 Å². The third-order valence-corrected chi connectivity index (χ3v) is 3.36. The topological polar surface area (TPSA) is 88.7 Å². The van der Waals surface area contributed by atoms with Gasteiger partial charge in [0, 0.05) is 21.9 Å². The third kappa shape index (κ3) is 3.85. The molecule has 0 saturated heterocycles. The quantitative estimate of drug-likeness (QED) is 0.623. The van der Waals surface area contributed by atoms with Gasteiger partial charge >= 0.3 is 0 Å². The molecule has 1 aromatic heterocycles. The van der Waals surface area contributed by atoms with E-state index in [4.69, 9.17) is 4.74 Å². The summed E-state index contributed by atoms with van der Waals surface area (Å²) in [7, 11) is 1.45. The summed E-state index contributed by atoms with van der Waals surface area (Å²) in [4.78, 5) is 11.7. The van der Waals surface area contributed by atoms with E-state index in [2.05, 4.69) is 31.6 Å². The fourth-order valence-electron chi connectivity index (χ4n) is 1.76. The normalized spacial score (nSPS) is 10.9. The Balaban J connectivity index is 2.02. The van der Waals surface area contributed by atoms with Crippen molar-refractivity contribution in [3.63, 3.8) is 0 Å². The summed E-state index contributed by atoms with van der Waals surface area (Å²) >= 11 is 3.30. The summed E-state index contributed by atoms with van der Waals surface area (Å²) in [5, 5.41) is 17.8. The van der Waals surface area contributed by atoms with E-state index in [1.165, 1.54) is 13.3 Å². The molecule has 1 amide bonds. The number of aromatic hydroxyl groups is 1. The first-order valence-electron chi connectivity index (χ1n) is 6.38. The summed E-state index contributed by atoms with van der Waals surface area (Å²) in [6, 6.07) is 5.10. The Morgan fingerprint density at radius 1 is 1.59 bits per heavy atom. The molecule has 7 nitrogen and oxygen atoms in total. The second-order valence-corrected chi connectivity index (χ2v) is 5.38. The monoisotopic (exact) mass is 366 g/mol. The van der Waals surface area contributed by atoms with E-state index < -0.39 is 0 Å². The van der Waals surface area contributed by atoms with Crippen molar-refractivity contribution in [3.05, 3.63) is 40.1 Å². The number of rotatable bonds is 5. The zero-order valence-electron chi connectivity index (χ0n) is 12.1. The first kappa shape index (κ1) is 16.0. The lowest BCUT2D eigenvalue weighted by molar-refractivity contribution is -0.121. The number of halogens is 1. The van der Waals surface area contributed by atoms with Gasteiger partial charge in [0.25, 0.3) is 5.91 Å². The zero-order chi connectivity index (χ0) is 16.1. The Kier molecular flexibility index (Phi) is 5.16. The molecule has 22 heavy (non-hydrogen) atoms. The van der Waals surface area contributed by atoms with Crippen molar-refractivity contribution < 1.29 is 14.6 Å². The van der Waals surface area contributed by atoms with Crippen LogP contribution >= 0.6 is 15.9 Å². The number of nitrogens with zero attached hydrogens (tertiary/aromatic N) is 3. The number of hydrogen-bond acceptors (Lipinski definition) is 5. The van der Waals surface area contributed by atoms with Crippen LogP contribution in [0.15, 0.2) is 34.0 Å². The Bertz CT molecular complexity index is 712. The van der Waals surface area contributed by atoms with Gasteiger partial charge in [-0.1, -0.05) is 15.9 Å². The highest BCUT2D eigenvalue weighted by atomic mass is 79.9. The van der Waals surface area contributed by atoms with Gasteiger partial charge in [0.15, 0.2) is 11.5 Å². The number of ether oxygens (including phenoxy) is 1. The van der Waals surface area contributed by atoms with Crippen LogP contribution in [-0.4, -0.2) is 34.1 Å². The van der Waals surface area contributed by atoms with E-state index in [1.54, 1.807) is 23.0 Å². The van der Waals surface area contributed by atoms with E-state index >= 15 is 0 Å². The Labute approximate surface area is 135 Å². The molecular formula is C14H15BrN4O3. The highest BCUT2D eigenvalue weighted by Crippen LogP contribution is 2.32. The number of amides is 1. The molecule has 2 N–H and O–H groups in total. The largest absolute Gasteiger partial charge is 0.504 e. The van der Waals surface area contributed by atoms with Gasteiger partial charge < -0.3 is 9.84 Å². The fraction of sp³-hybridized carbons (Fsp3) is 0.214. The van der Waals surface area contributed by atoms with Gasteiger partial charge in [0.05, 0.1) is 13.3 Å². The Morgan fingerprint density at radius 2 is 2.36 bits per heavy atom. The maximum Gasteiger partial charge on any atom is 0.261 e. The second kappa shape index (κ2) is 7.08. The minimum Gasteiger partial charge on any atom is -0.504 e. The molecule has 116 valence electrons. The van der Waals surface area contributed by atoms with E-state index in [0.29, 0.717) is 11.3 Å². The Hall–Kier alpha value is -2.35. The van der Waals surface area contributed by atoms with Crippen LogP contribution in [0.4, 0.5) is 0 Å². The molecule has 0 radical (unpaired) electrons. The van der Waals surface area contributed by atoms with Crippen LogP contribution < -0.4 is 10.2 Å². The summed E-state index contributed by atoms with van der Waals surface area (Å²) < 4.78 is 7.32. The van der Waals surface area contributed by atoms with Crippen molar-refractivity contribution in [1.29, 1.82) is 0 Å². The molecule has 0 unspecified atom stereocenters. The predicted octanol–water partition coefficient (Wildman–Crippen LogP) is 1.82. The molecule has 2 rings (SSSR count). The number of hydrogen-bond donors (Lipinski definition) is 2. The summed E-state index contributed by atoms with van der Waals surface area (Å²) in [5.74, 6) is -0.0505. The molecule has 0 aliphatic rings. The lowest BCUT2D eigenvalue weighted by atomic mass is 10.2. The van der Waals surface area contributed by atoms with E-state index in [1.807, 2.05) is 13.0 Å². The second-order valence-electron chi connectivity index (χ2n) is 4.47. The number of hydrazone groups is 1. The number of aryl methyl sites for hydroxylation is 1. The number of benzene rings is 1. The first-order chi connectivity index (χ1) is 10.5. The highest BCUT2D eigenvalue weighted by molar-refractivity contribution is 9.10. The molecule has 1 aromatic carbocycles. The van der Waals surface area contributed by atoms with E-state index in [0.717, 1.165) is 10.2 Å². The summed E-state index contributed by atoms with van der Waals surface area (Å²) in [6.07, 6.45) is 2.97. The molecule has 0 aliphatic carbocycles. The average molecular weight is 367 g/mol. The molecule has 0 fully saturated rings. The smallest absolute Gasteiger partial charge is 0.261 e. The zero-order valence-corrected chi connectivity index (χ0v) is 13.7. The van der Waals surface area contributed by atoms with Crippen LogP contribution in [0.1, 0.15) is 11.3 Å². The predicted molar refractivity (Wildman–Crippen MR) is 85.1 cm³/mol. The molecule has 0 bridgehead atoms. The van der Waals surface area contributed by atoms with Crippen LogP contribution in [-0.2, 0) is 11.3 Å². The summed E-state index contributed by atoms with van der Waals surface area (Å²) in [5.41, 5.74) is 3.68. The van der Waals surface area contributed by atoms with Gasteiger partial charge in [-0.3, -0.25) is 9.48 Å². The van der Waals surface area contributed by atoms with Gasteiger partial charge in [-0.05, 0) is 25.1 Å². The minimum absolute atomic E-state index is 0.0494. The van der Waals surface area contributed by atoms with Crippen LogP contribution in [0.25, 0.3) is 0 Å². The molecule has 2 aromatic rings. The van der Waals surface area contributed by atoms with Crippen molar-refractivity contribution in [2.75, 3.05) is 7.11 Å². The number of nitrogens with one attached hydrogen (secondary N) is 1. The van der Waals surface area contributed by atoms with Gasteiger partial charge in [-0.2, -0.15) is 10.2 Å². The maximum atomic E-state index is 11.7. The Morgan fingerprint density at radius 3 is 3.00 bits per heavy atom. The molecular weight excluding hydrogens is 352 g/mol. The number of methoxy groups -OCH3 is 1. The fourth-order valence-corrected chi connectivity index (χ4v) is 2.21. The molecule has 1 heterocycles. The lowest BCUT2D eigenvalue weighted by Gasteiger charge is -2.07. The summed E-state index contributed by atoms with van der Waals surface area (Å²) in [6.45, 7) is 1.93. The lowest BCUT2D eigenvalue weighted by Crippen LogP contribution is -2.24. The molecule has 0 spiro atoms. The number of aromatic nitrogens is 2. The first-order valence-corrected chi connectivity index (χ1v) is 7.17. The van der Waals surface area contributed by atoms with Crippen LogP contribution in [0.5, 0.6) is 11.5 Å². The van der Waals surface area contributed by atoms with Gasteiger partial charge in [0.2, 0.25) is 0 Å². The molecule has 0 saturated carbocycles. The minimum atomic E-state index is -0.315. The molecule has 0 aliphatic heterocycles.